The summed E-state index contributed by atoms with van der Waals surface area (Å²) in [6.45, 7) is 1.75. The lowest BCUT2D eigenvalue weighted by Crippen LogP contribution is -2.33. The Kier molecular flexibility index (Phi) is 5.48. The molecule has 0 aliphatic rings. The summed E-state index contributed by atoms with van der Waals surface area (Å²) in [7, 11) is 0. The van der Waals surface area contributed by atoms with E-state index in [2.05, 4.69) is 10.3 Å². The molecule has 5 heteroatoms. The van der Waals surface area contributed by atoms with Crippen LogP contribution < -0.4 is 10.3 Å². The topological polar surface area (TPSA) is 41.1 Å². The predicted octanol–water partition coefficient (Wildman–Crippen LogP) is 4.74. The van der Waals surface area contributed by atoms with Crippen LogP contribution in [0.2, 0.25) is 0 Å². The maximum Gasteiger partial charge on any atom is 0.269 e. The van der Waals surface area contributed by atoms with Crippen LogP contribution in [0.25, 0.3) is 11.1 Å². The van der Waals surface area contributed by atoms with Gasteiger partial charge in [0.2, 0.25) is 0 Å². The molecule has 25 heavy (non-hydrogen) atoms. The van der Waals surface area contributed by atoms with Crippen LogP contribution in [0.5, 0.6) is 0 Å². The van der Waals surface area contributed by atoms with Crippen molar-refractivity contribution in [2.45, 2.75) is 11.8 Å². The largest absolute Gasteiger partial charge is 0.277 e. The molecule has 0 saturated carbocycles. The number of benzene rings is 3. The zero-order chi connectivity index (χ0) is 17.6. The predicted molar refractivity (Wildman–Crippen MR) is 99.5 cm³/mol. The second kappa shape index (κ2) is 7.96. The molecule has 0 fully saturated rings. The van der Waals surface area contributed by atoms with Crippen molar-refractivity contribution in [1.29, 1.82) is 0 Å². The molecule has 0 aromatic heterocycles. The van der Waals surface area contributed by atoms with Gasteiger partial charge >= 0.3 is 0 Å². The van der Waals surface area contributed by atoms with Crippen molar-refractivity contribution in [1.82, 2.24) is 10.3 Å². The van der Waals surface area contributed by atoms with Gasteiger partial charge in [-0.05, 0) is 53.8 Å². The molecule has 2 N–H and O–H groups in total. The maximum absolute atomic E-state index is 14.3. The van der Waals surface area contributed by atoms with Gasteiger partial charge in [-0.15, -0.1) is 0 Å². The highest BCUT2D eigenvalue weighted by atomic mass is 32.2. The molecule has 0 aliphatic heterocycles. The fourth-order valence-electron chi connectivity index (χ4n) is 2.57. The first-order chi connectivity index (χ1) is 12.2. The highest BCUT2D eigenvalue weighted by Gasteiger charge is 2.18. The molecular formula is C20H17FN2OS. The summed E-state index contributed by atoms with van der Waals surface area (Å²) in [6.07, 6.45) is 0. The van der Waals surface area contributed by atoms with Crippen LogP contribution in [0.3, 0.4) is 0 Å². The summed E-state index contributed by atoms with van der Waals surface area (Å²) in [5, 5.41) is 0. The SMILES string of the molecule is Cc1c(-c2ccccc2)ccc(F)c1C(=O)NNSc1ccccc1. The Morgan fingerprint density at radius 3 is 2.24 bits per heavy atom. The number of carbonyl (C=O) groups is 1. The molecule has 0 heterocycles. The fourth-order valence-corrected chi connectivity index (χ4v) is 3.12. The Hall–Kier alpha value is -2.63. The third-order valence-electron chi connectivity index (χ3n) is 3.80. The second-order valence-corrected chi connectivity index (χ2v) is 6.31. The van der Waals surface area contributed by atoms with Gasteiger partial charge < -0.3 is 0 Å². The zero-order valence-corrected chi connectivity index (χ0v) is 14.4. The molecule has 3 rings (SSSR count). The van der Waals surface area contributed by atoms with E-state index in [9.17, 15) is 9.18 Å². The molecular weight excluding hydrogens is 335 g/mol. The molecule has 0 spiro atoms. The number of hydrogen-bond acceptors (Lipinski definition) is 3. The lowest BCUT2D eigenvalue weighted by molar-refractivity contribution is 0.0942. The highest BCUT2D eigenvalue weighted by molar-refractivity contribution is 7.97. The molecule has 0 saturated heterocycles. The first kappa shape index (κ1) is 17.2. The summed E-state index contributed by atoms with van der Waals surface area (Å²) >= 11 is 1.25. The van der Waals surface area contributed by atoms with E-state index in [0.717, 1.165) is 16.0 Å². The number of halogens is 1. The van der Waals surface area contributed by atoms with Crippen molar-refractivity contribution in [2.24, 2.45) is 0 Å². The number of rotatable bonds is 5. The van der Waals surface area contributed by atoms with Gasteiger partial charge in [-0.1, -0.05) is 54.6 Å². The summed E-state index contributed by atoms with van der Waals surface area (Å²) in [5.41, 5.74) is 4.97. The van der Waals surface area contributed by atoms with Crippen LogP contribution in [-0.2, 0) is 0 Å². The molecule has 3 aromatic rings. The number of hydrazine groups is 1. The Labute approximate surface area is 150 Å². The minimum Gasteiger partial charge on any atom is -0.277 e. The van der Waals surface area contributed by atoms with Gasteiger partial charge in [0, 0.05) is 4.90 Å². The van der Waals surface area contributed by atoms with Crippen molar-refractivity contribution in [2.75, 3.05) is 0 Å². The van der Waals surface area contributed by atoms with Gasteiger partial charge in [0.15, 0.2) is 0 Å². The normalized spacial score (nSPS) is 10.5. The molecule has 0 atom stereocenters. The number of hydrogen-bond donors (Lipinski definition) is 2. The molecule has 0 radical (unpaired) electrons. The maximum atomic E-state index is 14.3. The molecule has 0 bridgehead atoms. The number of nitrogens with one attached hydrogen (secondary N) is 2. The highest BCUT2D eigenvalue weighted by Crippen LogP contribution is 2.27. The molecule has 126 valence electrons. The minimum atomic E-state index is -0.541. The molecule has 1 amide bonds. The van der Waals surface area contributed by atoms with Crippen molar-refractivity contribution in [3.63, 3.8) is 0 Å². The number of carbonyl (C=O) groups excluding carboxylic acids is 1. The average Bonchev–Trinajstić information content (AvgIpc) is 2.63. The van der Waals surface area contributed by atoms with Gasteiger partial charge in [-0.25, -0.2) is 4.39 Å². The van der Waals surface area contributed by atoms with E-state index in [1.165, 1.54) is 18.0 Å². The van der Waals surface area contributed by atoms with Gasteiger partial charge in [0.1, 0.15) is 5.82 Å². The van der Waals surface area contributed by atoms with Crippen molar-refractivity contribution in [3.8, 4) is 11.1 Å². The Balaban J connectivity index is 1.78. The van der Waals surface area contributed by atoms with Gasteiger partial charge in [0.25, 0.3) is 5.91 Å². The van der Waals surface area contributed by atoms with E-state index in [1.807, 2.05) is 60.7 Å². The molecule has 0 aliphatic carbocycles. The van der Waals surface area contributed by atoms with Crippen molar-refractivity contribution >= 4 is 17.9 Å². The lowest BCUT2D eigenvalue weighted by Gasteiger charge is -2.13. The fraction of sp³-hybridized carbons (Fsp3) is 0.0500. The van der Waals surface area contributed by atoms with Gasteiger partial charge in [-0.2, -0.15) is 4.83 Å². The van der Waals surface area contributed by atoms with E-state index < -0.39 is 11.7 Å². The Morgan fingerprint density at radius 1 is 0.920 bits per heavy atom. The van der Waals surface area contributed by atoms with Crippen molar-refractivity contribution in [3.05, 3.63) is 89.7 Å². The van der Waals surface area contributed by atoms with Crippen LogP contribution in [-0.4, -0.2) is 5.91 Å². The quantitative estimate of drug-likeness (QED) is 0.515. The smallest absolute Gasteiger partial charge is 0.269 e. The van der Waals surface area contributed by atoms with Gasteiger partial charge in [-0.3, -0.25) is 10.2 Å². The van der Waals surface area contributed by atoms with E-state index in [-0.39, 0.29) is 5.56 Å². The van der Waals surface area contributed by atoms with Gasteiger partial charge in [0.05, 0.1) is 5.56 Å². The van der Waals surface area contributed by atoms with E-state index in [0.29, 0.717) is 5.56 Å². The van der Waals surface area contributed by atoms with Crippen LogP contribution in [0, 0.1) is 12.7 Å². The standard InChI is InChI=1S/C20H17FN2OS/c1-14-17(15-8-4-2-5-9-15)12-13-18(21)19(14)20(24)22-23-25-16-10-6-3-7-11-16/h2-13,23H,1H3,(H,22,24). The van der Waals surface area contributed by atoms with Crippen molar-refractivity contribution < 1.29 is 9.18 Å². The first-order valence-electron chi connectivity index (χ1n) is 7.78. The third kappa shape index (κ3) is 4.07. The Bertz CT molecular complexity index is 870. The Morgan fingerprint density at radius 2 is 1.56 bits per heavy atom. The monoisotopic (exact) mass is 352 g/mol. The molecule has 3 aromatic carbocycles. The van der Waals surface area contributed by atoms with Crippen LogP contribution >= 0.6 is 11.9 Å². The number of amides is 1. The minimum absolute atomic E-state index is 0.0440. The van der Waals surface area contributed by atoms with E-state index >= 15 is 0 Å². The van der Waals surface area contributed by atoms with E-state index in [4.69, 9.17) is 0 Å². The average molecular weight is 352 g/mol. The first-order valence-corrected chi connectivity index (χ1v) is 8.60. The third-order valence-corrected chi connectivity index (χ3v) is 4.51. The van der Waals surface area contributed by atoms with E-state index in [1.54, 1.807) is 13.0 Å². The molecule has 3 nitrogen and oxygen atoms in total. The summed E-state index contributed by atoms with van der Waals surface area (Å²) in [4.78, 5) is 16.1. The lowest BCUT2D eigenvalue weighted by atomic mass is 9.96. The second-order valence-electron chi connectivity index (χ2n) is 5.43. The summed E-state index contributed by atoms with van der Waals surface area (Å²) in [5.74, 6) is -1.04. The molecule has 0 unspecified atom stereocenters. The van der Waals surface area contributed by atoms with Crippen LogP contribution in [0.4, 0.5) is 4.39 Å². The van der Waals surface area contributed by atoms with Crippen LogP contribution in [0.1, 0.15) is 15.9 Å². The van der Waals surface area contributed by atoms with Crippen LogP contribution in [0.15, 0.2) is 77.7 Å². The summed E-state index contributed by atoms with van der Waals surface area (Å²) < 4.78 is 14.3. The summed E-state index contributed by atoms with van der Waals surface area (Å²) in [6, 6.07) is 22.2. The zero-order valence-electron chi connectivity index (χ0n) is 13.6.